The van der Waals surface area contributed by atoms with Gasteiger partial charge in [0.1, 0.15) is 6.07 Å². The second kappa shape index (κ2) is 11.0. The van der Waals surface area contributed by atoms with Gasteiger partial charge in [-0.3, -0.25) is 9.69 Å². The van der Waals surface area contributed by atoms with Crippen LogP contribution in [0.2, 0.25) is 0 Å². The van der Waals surface area contributed by atoms with E-state index in [0.717, 1.165) is 38.3 Å². The van der Waals surface area contributed by atoms with Crippen LogP contribution in [-0.4, -0.2) is 73.6 Å². The number of aromatic nitrogens is 1. The largest absolute Gasteiger partial charge is 0.459 e. The Kier molecular flexibility index (Phi) is 7.35. The molecule has 188 valence electrons. The molecule has 36 heavy (non-hydrogen) atoms. The molecule has 2 aliphatic rings. The Labute approximate surface area is 211 Å². The molecule has 2 saturated heterocycles. The number of rotatable bonds is 7. The number of likely N-dealkylation sites (N-methyl/N-ethyl adjacent to an activating group) is 1. The van der Waals surface area contributed by atoms with E-state index in [4.69, 9.17) is 8.83 Å². The Morgan fingerprint density at radius 2 is 1.86 bits per heavy atom. The van der Waals surface area contributed by atoms with Crippen LogP contribution in [0.1, 0.15) is 30.1 Å². The summed E-state index contributed by atoms with van der Waals surface area (Å²) < 4.78 is 11.2. The van der Waals surface area contributed by atoms with E-state index in [2.05, 4.69) is 45.4 Å². The molecule has 0 radical (unpaired) electrons. The molecule has 0 spiro atoms. The van der Waals surface area contributed by atoms with Gasteiger partial charge in [0.2, 0.25) is 17.5 Å². The van der Waals surface area contributed by atoms with Gasteiger partial charge in [-0.1, -0.05) is 30.3 Å². The van der Waals surface area contributed by atoms with Gasteiger partial charge in [0, 0.05) is 51.7 Å². The van der Waals surface area contributed by atoms with Crippen LogP contribution in [0.15, 0.2) is 57.6 Å². The lowest BCUT2D eigenvalue weighted by atomic mass is 9.95. The first-order valence-corrected chi connectivity index (χ1v) is 12.6. The number of carbonyl (C=O) groups excluding carboxylic acids is 1. The molecule has 1 atom stereocenters. The molecule has 9 heteroatoms. The SMILES string of the molecule is CN1CCN(CC(NC(=O)C2CCN(c3oc(-c4ccco4)nc3C#N)CC2)c2ccccc2)CC1. The van der Waals surface area contributed by atoms with Crippen molar-refractivity contribution in [3.05, 3.63) is 60.0 Å². The summed E-state index contributed by atoms with van der Waals surface area (Å²) in [4.78, 5) is 24.4. The molecule has 9 nitrogen and oxygen atoms in total. The van der Waals surface area contributed by atoms with Crippen molar-refractivity contribution in [1.82, 2.24) is 20.1 Å². The van der Waals surface area contributed by atoms with Crippen molar-refractivity contribution in [3.8, 4) is 17.7 Å². The molecule has 1 N–H and O–H groups in total. The fraction of sp³-hybridized carbons (Fsp3) is 0.444. The maximum atomic E-state index is 13.3. The van der Waals surface area contributed by atoms with E-state index in [-0.39, 0.29) is 23.6 Å². The molecule has 2 aromatic heterocycles. The predicted molar refractivity (Wildman–Crippen MR) is 135 cm³/mol. The summed E-state index contributed by atoms with van der Waals surface area (Å²) in [6, 6.07) is 15.8. The highest BCUT2D eigenvalue weighted by molar-refractivity contribution is 5.79. The quantitative estimate of drug-likeness (QED) is 0.541. The molecule has 3 aromatic rings. The first kappa shape index (κ1) is 24.1. The molecule has 0 saturated carbocycles. The van der Waals surface area contributed by atoms with Crippen LogP contribution in [0.25, 0.3) is 11.7 Å². The first-order chi connectivity index (χ1) is 17.6. The van der Waals surface area contributed by atoms with Gasteiger partial charge in [0.25, 0.3) is 5.89 Å². The van der Waals surface area contributed by atoms with E-state index in [1.54, 1.807) is 18.4 Å². The van der Waals surface area contributed by atoms with Gasteiger partial charge in [-0.2, -0.15) is 10.2 Å². The van der Waals surface area contributed by atoms with Gasteiger partial charge in [0.05, 0.1) is 12.3 Å². The number of hydrogen-bond donors (Lipinski definition) is 1. The molecular formula is C27H32N6O3. The molecule has 1 unspecified atom stereocenters. The molecule has 0 bridgehead atoms. The fourth-order valence-electron chi connectivity index (χ4n) is 4.95. The number of benzene rings is 1. The summed E-state index contributed by atoms with van der Waals surface area (Å²) in [7, 11) is 2.15. The Morgan fingerprint density at radius 1 is 1.11 bits per heavy atom. The smallest absolute Gasteiger partial charge is 0.266 e. The van der Waals surface area contributed by atoms with Crippen LogP contribution in [0.5, 0.6) is 0 Å². The number of carbonyl (C=O) groups is 1. The Bertz CT molecular complexity index is 1170. The van der Waals surface area contributed by atoms with Crippen molar-refractivity contribution in [2.75, 3.05) is 57.8 Å². The third kappa shape index (κ3) is 5.45. The van der Waals surface area contributed by atoms with E-state index in [1.807, 2.05) is 23.1 Å². The third-order valence-corrected chi connectivity index (χ3v) is 7.16. The third-order valence-electron chi connectivity index (χ3n) is 7.16. The molecular weight excluding hydrogens is 456 g/mol. The molecule has 2 fully saturated rings. The van der Waals surface area contributed by atoms with E-state index in [1.165, 1.54) is 0 Å². The average Bonchev–Trinajstić information content (AvgIpc) is 3.60. The minimum Gasteiger partial charge on any atom is -0.459 e. The second-order valence-electron chi connectivity index (χ2n) is 9.60. The van der Waals surface area contributed by atoms with Crippen molar-refractivity contribution in [2.24, 2.45) is 5.92 Å². The van der Waals surface area contributed by atoms with Gasteiger partial charge in [-0.25, -0.2) is 0 Å². The van der Waals surface area contributed by atoms with Crippen molar-refractivity contribution in [2.45, 2.75) is 18.9 Å². The van der Waals surface area contributed by atoms with Crippen molar-refractivity contribution >= 4 is 11.8 Å². The average molecular weight is 489 g/mol. The van der Waals surface area contributed by atoms with Crippen LogP contribution >= 0.6 is 0 Å². The van der Waals surface area contributed by atoms with Gasteiger partial charge >= 0.3 is 0 Å². The maximum Gasteiger partial charge on any atom is 0.266 e. The van der Waals surface area contributed by atoms with Gasteiger partial charge in [-0.15, -0.1) is 0 Å². The van der Waals surface area contributed by atoms with Crippen molar-refractivity contribution < 1.29 is 13.6 Å². The summed E-state index contributed by atoms with van der Waals surface area (Å²) in [5, 5.41) is 12.9. The fourth-order valence-corrected chi connectivity index (χ4v) is 4.95. The number of piperidine rings is 1. The Balaban J connectivity index is 1.22. The van der Waals surface area contributed by atoms with Gasteiger partial charge in [0.15, 0.2) is 5.76 Å². The van der Waals surface area contributed by atoms with Crippen LogP contribution < -0.4 is 10.2 Å². The van der Waals surface area contributed by atoms with Crippen LogP contribution in [0.3, 0.4) is 0 Å². The number of furan rings is 1. The predicted octanol–water partition coefficient (Wildman–Crippen LogP) is 3.13. The van der Waals surface area contributed by atoms with Crippen LogP contribution in [-0.2, 0) is 4.79 Å². The van der Waals surface area contributed by atoms with Crippen LogP contribution in [0.4, 0.5) is 5.88 Å². The summed E-state index contributed by atoms with van der Waals surface area (Å²) in [6.45, 7) is 6.15. The number of nitrogens with one attached hydrogen (secondary N) is 1. The molecule has 5 rings (SSSR count). The Hall–Kier alpha value is -3.61. The van der Waals surface area contributed by atoms with E-state index in [0.29, 0.717) is 43.5 Å². The molecule has 2 aliphatic heterocycles. The number of nitrogens with zero attached hydrogens (tertiary/aromatic N) is 5. The summed E-state index contributed by atoms with van der Waals surface area (Å²) in [5.74, 6) is 1.23. The highest BCUT2D eigenvalue weighted by Gasteiger charge is 2.31. The highest BCUT2D eigenvalue weighted by Crippen LogP contribution is 2.31. The van der Waals surface area contributed by atoms with Crippen molar-refractivity contribution in [3.63, 3.8) is 0 Å². The number of hydrogen-bond acceptors (Lipinski definition) is 8. The van der Waals surface area contributed by atoms with Gasteiger partial charge in [-0.05, 0) is 37.6 Å². The molecule has 4 heterocycles. The lowest BCUT2D eigenvalue weighted by Gasteiger charge is -2.36. The zero-order chi connectivity index (χ0) is 24.9. The molecule has 0 aliphatic carbocycles. The minimum atomic E-state index is -0.0852. The highest BCUT2D eigenvalue weighted by atomic mass is 16.4. The summed E-state index contributed by atoms with van der Waals surface area (Å²) in [6.07, 6.45) is 2.91. The van der Waals surface area contributed by atoms with Gasteiger partial charge < -0.3 is 24.0 Å². The zero-order valence-corrected chi connectivity index (χ0v) is 20.6. The summed E-state index contributed by atoms with van der Waals surface area (Å²) >= 11 is 0. The zero-order valence-electron chi connectivity index (χ0n) is 20.6. The van der Waals surface area contributed by atoms with Crippen molar-refractivity contribution in [1.29, 1.82) is 5.26 Å². The lowest BCUT2D eigenvalue weighted by molar-refractivity contribution is -0.126. The normalized spacial score (nSPS) is 18.6. The standard InChI is InChI=1S/C27H32N6O3/c1-31-13-15-32(16-14-31)19-23(20-6-3-2-4-7-20)29-25(34)21-9-11-33(12-10-21)27-22(18-28)30-26(36-27)24-8-5-17-35-24/h2-8,17,21,23H,9-16,19H2,1H3,(H,29,34). The number of amides is 1. The lowest BCUT2D eigenvalue weighted by Crippen LogP contribution is -2.49. The summed E-state index contributed by atoms with van der Waals surface area (Å²) in [5.41, 5.74) is 1.37. The number of nitriles is 1. The monoisotopic (exact) mass is 488 g/mol. The maximum absolute atomic E-state index is 13.3. The van der Waals surface area contributed by atoms with Crippen LogP contribution in [0, 0.1) is 17.2 Å². The molecule has 1 aromatic carbocycles. The van der Waals surface area contributed by atoms with E-state index >= 15 is 0 Å². The first-order valence-electron chi connectivity index (χ1n) is 12.6. The number of oxazole rings is 1. The Morgan fingerprint density at radius 3 is 2.53 bits per heavy atom. The minimum absolute atomic E-state index is 0.0459. The molecule has 1 amide bonds. The number of piperazine rings is 1. The van der Waals surface area contributed by atoms with E-state index in [9.17, 15) is 10.1 Å². The van der Waals surface area contributed by atoms with E-state index < -0.39 is 0 Å². The second-order valence-corrected chi connectivity index (χ2v) is 9.60. The topological polar surface area (TPSA) is 102 Å². The number of anilines is 1.